The third kappa shape index (κ3) is 5.36. The highest BCUT2D eigenvalue weighted by Crippen LogP contribution is 2.33. The van der Waals surface area contributed by atoms with Gasteiger partial charge in [-0.3, -0.25) is 14.9 Å². The van der Waals surface area contributed by atoms with Gasteiger partial charge in [-0.1, -0.05) is 30.0 Å². The molecule has 2 heterocycles. The van der Waals surface area contributed by atoms with Crippen LogP contribution in [0.15, 0.2) is 76.7 Å². The predicted molar refractivity (Wildman–Crippen MR) is 118 cm³/mol. The first-order valence-electron chi connectivity index (χ1n) is 9.58. The van der Waals surface area contributed by atoms with Crippen LogP contribution in [0.2, 0.25) is 0 Å². The Kier molecular flexibility index (Phi) is 6.27. The summed E-state index contributed by atoms with van der Waals surface area (Å²) >= 11 is 1.29. The van der Waals surface area contributed by atoms with Gasteiger partial charge in [-0.25, -0.2) is 0 Å². The molecule has 0 saturated heterocycles. The molecule has 1 amide bonds. The maximum Gasteiger partial charge on any atom is 0.405 e. The van der Waals surface area contributed by atoms with Gasteiger partial charge in [0.05, 0.1) is 22.5 Å². The highest BCUT2D eigenvalue weighted by Gasteiger charge is 2.28. The van der Waals surface area contributed by atoms with Crippen molar-refractivity contribution in [2.24, 2.45) is 0 Å². The van der Waals surface area contributed by atoms with Crippen molar-refractivity contribution >= 4 is 40.7 Å². The van der Waals surface area contributed by atoms with Crippen molar-refractivity contribution in [1.82, 2.24) is 20.5 Å². The van der Waals surface area contributed by atoms with Gasteiger partial charge in [0, 0.05) is 21.4 Å². The molecule has 32 heavy (non-hydrogen) atoms. The molecular formula is C23H17F3N4OS. The van der Waals surface area contributed by atoms with Crippen molar-refractivity contribution in [1.29, 1.82) is 0 Å². The van der Waals surface area contributed by atoms with E-state index in [1.807, 2.05) is 53.9 Å². The van der Waals surface area contributed by atoms with Crippen LogP contribution in [0.1, 0.15) is 21.7 Å². The van der Waals surface area contributed by atoms with Crippen molar-refractivity contribution in [2.45, 2.75) is 16.0 Å². The Hall–Kier alpha value is -3.59. The number of pyridine rings is 1. The number of amides is 1. The molecule has 0 bridgehead atoms. The smallest absolute Gasteiger partial charge is 0.343 e. The van der Waals surface area contributed by atoms with Crippen molar-refractivity contribution in [3.8, 4) is 0 Å². The first kappa shape index (κ1) is 21.6. The third-order valence-corrected chi connectivity index (χ3v) is 5.54. The second-order valence-electron chi connectivity index (χ2n) is 6.80. The molecule has 0 spiro atoms. The number of nitrogens with zero attached hydrogens (tertiary/aromatic N) is 2. The molecule has 9 heteroatoms. The molecule has 0 aliphatic carbocycles. The molecule has 2 N–H and O–H groups in total. The van der Waals surface area contributed by atoms with Crippen LogP contribution in [0.4, 0.5) is 13.2 Å². The van der Waals surface area contributed by atoms with Crippen molar-refractivity contribution in [3.05, 3.63) is 83.8 Å². The van der Waals surface area contributed by atoms with E-state index >= 15 is 0 Å². The van der Waals surface area contributed by atoms with Gasteiger partial charge in [0.15, 0.2) is 0 Å². The van der Waals surface area contributed by atoms with E-state index in [2.05, 4.69) is 15.2 Å². The molecule has 4 aromatic rings. The number of fused-ring (bicyclic) bond motifs is 1. The fourth-order valence-electron chi connectivity index (χ4n) is 3.00. The molecule has 0 aliphatic heterocycles. The first-order chi connectivity index (χ1) is 15.4. The molecule has 2 aromatic carbocycles. The summed E-state index contributed by atoms with van der Waals surface area (Å²) in [4.78, 5) is 17.9. The SMILES string of the molecule is O=C(NCC(F)(F)F)c1ccccc1Sc1ccc2c(C=Cc3ccccn3)n[nH]c2c1. The van der Waals surface area contributed by atoms with E-state index in [0.717, 1.165) is 27.2 Å². The van der Waals surface area contributed by atoms with Gasteiger partial charge in [0.2, 0.25) is 0 Å². The number of H-pyrrole nitrogens is 1. The van der Waals surface area contributed by atoms with Crippen LogP contribution < -0.4 is 5.32 Å². The van der Waals surface area contributed by atoms with Crippen LogP contribution in [-0.4, -0.2) is 33.8 Å². The lowest BCUT2D eigenvalue weighted by Crippen LogP contribution is -2.33. The summed E-state index contributed by atoms with van der Waals surface area (Å²) in [5, 5.41) is 10.2. The number of hydrogen-bond donors (Lipinski definition) is 2. The predicted octanol–water partition coefficient (Wildman–Crippen LogP) is 5.57. The van der Waals surface area contributed by atoms with E-state index in [0.29, 0.717) is 4.90 Å². The van der Waals surface area contributed by atoms with Crippen LogP contribution in [0, 0.1) is 0 Å². The average molecular weight is 454 g/mol. The number of nitrogens with one attached hydrogen (secondary N) is 2. The number of benzene rings is 2. The Bertz CT molecular complexity index is 1270. The summed E-state index contributed by atoms with van der Waals surface area (Å²) in [5.74, 6) is -0.769. The number of alkyl halides is 3. The minimum absolute atomic E-state index is 0.186. The lowest BCUT2D eigenvalue weighted by molar-refractivity contribution is -0.123. The highest BCUT2D eigenvalue weighted by molar-refractivity contribution is 7.99. The van der Waals surface area contributed by atoms with Gasteiger partial charge in [0.1, 0.15) is 6.54 Å². The number of hydrogen-bond acceptors (Lipinski definition) is 4. The summed E-state index contributed by atoms with van der Waals surface area (Å²) in [6.07, 6.45) is 0.988. The van der Waals surface area contributed by atoms with Crippen molar-refractivity contribution < 1.29 is 18.0 Å². The van der Waals surface area contributed by atoms with Crippen molar-refractivity contribution in [3.63, 3.8) is 0 Å². The Labute approximate surface area is 185 Å². The maximum absolute atomic E-state index is 12.4. The molecule has 0 fully saturated rings. The normalized spacial score (nSPS) is 11.8. The third-order valence-electron chi connectivity index (χ3n) is 4.47. The molecule has 0 unspecified atom stereocenters. The zero-order valence-corrected chi connectivity index (χ0v) is 17.4. The van der Waals surface area contributed by atoms with Gasteiger partial charge < -0.3 is 5.32 Å². The largest absolute Gasteiger partial charge is 0.405 e. The minimum atomic E-state index is -4.47. The van der Waals surface area contributed by atoms with E-state index in [9.17, 15) is 18.0 Å². The van der Waals surface area contributed by atoms with E-state index in [1.165, 1.54) is 17.8 Å². The summed E-state index contributed by atoms with van der Waals surface area (Å²) in [6.45, 7) is -1.38. The zero-order chi connectivity index (χ0) is 22.6. The molecule has 0 saturated carbocycles. The molecule has 4 rings (SSSR count). The van der Waals surface area contributed by atoms with Gasteiger partial charge in [0.25, 0.3) is 5.91 Å². The Morgan fingerprint density at radius 2 is 1.88 bits per heavy atom. The summed E-state index contributed by atoms with van der Waals surface area (Å²) in [5.41, 5.74) is 2.56. The Morgan fingerprint density at radius 1 is 1.06 bits per heavy atom. The highest BCUT2D eigenvalue weighted by atomic mass is 32.2. The second-order valence-corrected chi connectivity index (χ2v) is 7.92. The second kappa shape index (κ2) is 9.27. The molecule has 162 valence electrons. The standard InChI is InChI=1S/C23H17F3N4OS/c24-23(25,26)14-28-22(31)18-6-1-2-7-21(18)32-16-9-10-17-19(29-30-20(17)13-16)11-8-15-5-3-4-12-27-15/h1-13H,14H2,(H,28,31)(H,29,30). The lowest BCUT2D eigenvalue weighted by atomic mass is 10.2. The minimum Gasteiger partial charge on any atom is -0.343 e. The lowest BCUT2D eigenvalue weighted by Gasteiger charge is -2.11. The van der Waals surface area contributed by atoms with Crippen LogP contribution in [0.3, 0.4) is 0 Å². The van der Waals surface area contributed by atoms with Crippen LogP contribution in [0.5, 0.6) is 0 Å². The number of carbonyl (C=O) groups is 1. The monoisotopic (exact) mass is 454 g/mol. The van der Waals surface area contributed by atoms with Gasteiger partial charge >= 0.3 is 6.18 Å². The van der Waals surface area contributed by atoms with Crippen LogP contribution >= 0.6 is 11.8 Å². The number of aromatic nitrogens is 3. The first-order valence-corrected chi connectivity index (χ1v) is 10.4. The fraction of sp³-hybridized carbons (Fsp3) is 0.0870. The Balaban J connectivity index is 1.53. The Morgan fingerprint density at radius 3 is 2.66 bits per heavy atom. The topological polar surface area (TPSA) is 70.7 Å². The summed E-state index contributed by atoms with van der Waals surface area (Å²) in [6, 6.07) is 17.9. The van der Waals surface area contributed by atoms with E-state index < -0.39 is 18.6 Å². The van der Waals surface area contributed by atoms with E-state index in [4.69, 9.17) is 0 Å². The zero-order valence-electron chi connectivity index (χ0n) is 16.6. The van der Waals surface area contributed by atoms with E-state index in [-0.39, 0.29) is 5.56 Å². The van der Waals surface area contributed by atoms with Gasteiger partial charge in [-0.05, 0) is 54.6 Å². The average Bonchev–Trinajstić information content (AvgIpc) is 3.19. The molecule has 2 aromatic heterocycles. The summed E-state index contributed by atoms with van der Waals surface area (Å²) < 4.78 is 37.3. The summed E-state index contributed by atoms with van der Waals surface area (Å²) in [7, 11) is 0. The number of carbonyl (C=O) groups excluding carboxylic acids is 1. The van der Waals surface area contributed by atoms with Crippen LogP contribution in [0.25, 0.3) is 23.1 Å². The molecule has 5 nitrogen and oxygen atoms in total. The fourth-order valence-corrected chi connectivity index (χ4v) is 3.98. The number of rotatable bonds is 6. The molecule has 0 atom stereocenters. The molecule has 0 radical (unpaired) electrons. The number of aromatic amines is 1. The van der Waals surface area contributed by atoms with Gasteiger partial charge in [-0.15, -0.1) is 0 Å². The maximum atomic E-state index is 12.4. The quantitative estimate of drug-likeness (QED) is 0.400. The van der Waals surface area contributed by atoms with E-state index in [1.54, 1.807) is 24.4 Å². The number of halogens is 3. The molecule has 0 aliphatic rings. The van der Waals surface area contributed by atoms with Gasteiger partial charge in [-0.2, -0.15) is 18.3 Å². The molecular weight excluding hydrogens is 437 g/mol. The van der Waals surface area contributed by atoms with Crippen molar-refractivity contribution in [2.75, 3.05) is 6.54 Å². The van der Waals surface area contributed by atoms with Crippen LogP contribution in [-0.2, 0) is 0 Å².